The van der Waals surface area contributed by atoms with Crippen LogP contribution in [0.15, 0.2) is 11.6 Å². The van der Waals surface area contributed by atoms with Crippen molar-refractivity contribution in [1.29, 1.82) is 0 Å². The summed E-state index contributed by atoms with van der Waals surface area (Å²) in [7, 11) is 0. The van der Waals surface area contributed by atoms with Gasteiger partial charge in [0, 0.05) is 12.3 Å². The number of aliphatic carboxylic acids is 1. The van der Waals surface area contributed by atoms with Crippen LogP contribution in [0.5, 0.6) is 0 Å². The predicted octanol–water partition coefficient (Wildman–Crippen LogP) is 2.51. The molecule has 0 bridgehead atoms. The molecule has 2 fully saturated rings. The van der Waals surface area contributed by atoms with Crippen molar-refractivity contribution < 1.29 is 49.0 Å². The van der Waals surface area contributed by atoms with E-state index < -0.39 is 65.2 Å². The summed E-state index contributed by atoms with van der Waals surface area (Å²) in [4.78, 5) is 35.6. The molecule has 0 unspecified atom stereocenters. The molecule has 0 amide bonds. The van der Waals surface area contributed by atoms with E-state index in [4.69, 9.17) is 19.3 Å². The molecule has 4 N–H and O–H groups in total. The van der Waals surface area contributed by atoms with E-state index in [9.17, 15) is 29.7 Å². The zero-order valence-electron chi connectivity index (χ0n) is 23.4. The van der Waals surface area contributed by atoms with Crippen LogP contribution in [0.3, 0.4) is 0 Å². The van der Waals surface area contributed by atoms with Gasteiger partial charge >= 0.3 is 17.9 Å². The van der Waals surface area contributed by atoms with Crippen LogP contribution in [0, 0.1) is 17.3 Å². The maximum atomic E-state index is 12.5. The number of carbonyl (C=O) groups is 3. The SMILES string of the molecule is CC(=O)O[C@@H]1/C=C(\COC(=O)C[C@](C)(O)CC(=O)O)CC[C@@H](O)[C@@]2(C)O[C@@H]2C[C@H]2[C@H](C(C)(C)O)CC[C@]12C. The fourth-order valence-electron chi connectivity index (χ4n) is 6.51. The molecule has 0 aromatic rings. The third-order valence-electron chi connectivity index (χ3n) is 8.89. The van der Waals surface area contributed by atoms with E-state index >= 15 is 0 Å². The average Bonchev–Trinajstić information content (AvgIpc) is 3.28. The second-order valence-electron chi connectivity index (χ2n) is 12.8. The number of carbonyl (C=O) groups excluding carboxylic acids is 2. The van der Waals surface area contributed by atoms with Gasteiger partial charge in [-0.15, -0.1) is 0 Å². The molecular weight excluding hydrogens is 496 g/mol. The maximum absolute atomic E-state index is 12.5. The summed E-state index contributed by atoms with van der Waals surface area (Å²) in [5.41, 5.74) is -3.37. The van der Waals surface area contributed by atoms with E-state index in [0.29, 0.717) is 31.3 Å². The topological polar surface area (TPSA) is 163 Å². The van der Waals surface area contributed by atoms with Crippen molar-refractivity contribution in [3.63, 3.8) is 0 Å². The monoisotopic (exact) mass is 540 g/mol. The van der Waals surface area contributed by atoms with Gasteiger partial charge in [0.1, 0.15) is 18.3 Å². The van der Waals surface area contributed by atoms with Crippen molar-refractivity contribution in [1.82, 2.24) is 0 Å². The largest absolute Gasteiger partial charge is 0.481 e. The third-order valence-corrected chi connectivity index (χ3v) is 8.89. The third kappa shape index (κ3) is 6.94. The first-order valence-electron chi connectivity index (χ1n) is 13.4. The second-order valence-corrected chi connectivity index (χ2v) is 12.8. The Morgan fingerprint density at radius 2 is 1.79 bits per heavy atom. The van der Waals surface area contributed by atoms with Gasteiger partial charge < -0.3 is 34.6 Å². The summed E-state index contributed by atoms with van der Waals surface area (Å²) in [5.74, 6) is -2.61. The van der Waals surface area contributed by atoms with Gasteiger partial charge in [0.2, 0.25) is 0 Å². The number of carboxylic acid groups (broad SMARTS) is 1. The minimum absolute atomic E-state index is 0.0739. The lowest BCUT2D eigenvalue weighted by molar-refractivity contribution is -0.153. The van der Waals surface area contributed by atoms with Gasteiger partial charge in [-0.25, -0.2) is 0 Å². The number of fused-ring (bicyclic) bond motifs is 2. The zero-order valence-corrected chi connectivity index (χ0v) is 23.4. The van der Waals surface area contributed by atoms with E-state index in [-0.39, 0.29) is 24.5 Å². The summed E-state index contributed by atoms with van der Waals surface area (Å²) in [5, 5.41) is 41.2. The number of epoxide rings is 1. The van der Waals surface area contributed by atoms with Crippen LogP contribution in [0.25, 0.3) is 0 Å². The van der Waals surface area contributed by atoms with Gasteiger partial charge in [-0.3, -0.25) is 14.4 Å². The molecule has 10 heteroatoms. The molecule has 10 nitrogen and oxygen atoms in total. The molecule has 1 aliphatic heterocycles. The number of esters is 2. The lowest BCUT2D eigenvalue weighted by Crippen LogP contribution is -2.44. The molecule has 0 spiro atoms. The van der Waals surface area contributed by atoms with Gasteiger partial charge in [0.05, 0.1) is 36.3 Å². The second kappa shape index (κ2) is 10.9. The quantitative estimate of drug-likeness (QED) is 0.204. The highest BCUT2D eigenvalue weighted by Gasteiger charge is 2.62. The fourth-order valence-corrected chi connectivity index (χ4v) is 6.51. The maximum Gasteiger partial charge on any atom is 0.309 e. The van der Waals surface area contributed by atoms with Crippen molar-refractivity contribution in [2.75, 3.05) is 6.61 Å². The van der Waals surface area contributed by atoms with Crippen LogP contribution in [0.1, 0.15) is 86.5 Å². The van der Waals surface area contributed by atoms with E-state index in [1.807, 2.05) is 13.8 Å². The number of ether oxygens (including phenoxy) is 3. The molecule has 1 saturated heterocycles. The minimum atomic E-state index is -1.76. The first kappa shape index (κ1) is 30.5. The summed E-state index contributed by atoms with van der Waals surface area (Å²) in [6.45, 7) is 9.94. The van der Waals surface area contributed by atoms with E-state index in [0.717, 1.165) is 6.42 Å². The van der Waals surface area contributed by atoms with Gasteiger partial charge in [-0.2, -0.15) is 0 Å². The van der Waals surface area contributed by atoms with Gasteiger partial charge in [-0.1, -0.05) is 6.92 Å². The number of aliphatic hydroxyl groups excluding tert-OH is 1. The first-order valence-corrected chi connectivity index (χ1v) is 13.4. The van der Waals surface area contributed by atoms with Crippen molar-refractivity contribution in [2.24, 2.45) is 17.3 Å². The first-order chi connectivity index (χ1) is 17.4. The molecule has 1 heterocycles. The standard InChI is InChI=1S/C28H44O10/c1-16(29)37-21-11-17(15-36-24(33)14-26(4,35)13-23(31)32)7-8-20(30)28(6)22(38-28)12-19-18(25(2,3)34)9-10-27(19,21)5/h11,18-22,30,34-35H,7-10,12-15H2,1-6H3,(H,31,32)/b17-11-/t18-,19+,20-,21-,22-,26-,27+,28-/m1/s1. The van der Waals surface area contributed by atoms with Crippen LogP contribution < -0.4 is 0 Å². The molecule has 1 saturated carbocycles. The lowest BCUT2D eigenvalue weighted by atomic mass is 9.67. The smallest absolute Gasteiger partial charge is 0.309 e. The molecular formula is C28H44O10. The van der Waals surface area contributed by atoms with Crippen molar-refractivity contribution in [2.45, 2.75) is 122 Å². The average molecular weight is 541 g/mol. The van der Waals surface area contributed by atoms with Crippen molar-refractivity contribution in [3.8, 4) is 0 Å². The summed E-state index contributed by atoms with van der Waals surface area (Å²) in [6, 6.07) is 0. The van der Waals surface area contributed by atoms with Crippen molar-refractivity contribution in [3.05, 3.63) is 11.6 Å². The van der Waals surface area contributed by atoms with Crippen LogP contribution in [0.4, 0.5) is 0 Å². The molecule has 0 aromatic carbocycles. The highest BCUT2D eigenvalue weighted by molar-refractivity contribution is 5.74. The highest BCUT2D eigenvalue weighted by atomic mass is 16.6. The van der Waals surface area contributed by atoms with E-state index in [2.05, 4.69) is 0 Å². The summed E-state index contributed by atoms with van der Waals surface area (Å²) < 4.78 is 17.3. The Bertz CT molecular complexity index is 950. The van der Waals surface area contributed by atoms with Crippen LogP contribution >= 0.6 is 0 Å². The number of rotatable bonds is 8. The Kier molecular flexibility index (Phi) is 8.73. The lowest BCUT2D eigenvalue weighted by Gasteiger charge is -2.41. The van der Waals surface area contributed by atoms with Gasteiger partial charge in [0.25, 0.3) is 0 Å². The Morgan fingerprint density at radius 1 is 1.13 bits per heavy atom. The Labute approximate surface area is 224 Å². The van der Waals surface area contributed by atoms with Crippen LogP contribution in [-0.4, -0.2) is 80.1 Å². The number of aliphatic hydroxyl groups is 3. The van der Waals surface area contributed by atoms with E-state index in [1.54, 1.807) is 19.9 Å². The Morgan fingerprint density at radius 3 is 2.37 bits per heavy atom. The highest BCUT2D eigenvalue weighted by Crippen LogP contribution is 2.58. The van der Waals surface area contributed by atoms with E-state index in [1.165, 1.54) is 13.8 Å². The normalized spacial score (nSPS) is 38.3. The fraction of sp³-hybridized carbons (Fsp3) is 0.821. The number of hydrogen-bond acceptors (Lipinski definition) is 9. The molecule has 216 valence electrons. The Balaban J connectivity index is 1.92. The molecule has 0 aromatic heterocycles. The van der Waals surface area contributed by atoms with Crippen LogP contribution in [0.2, 0.25) is 0 Å². The molecule has 0 radical (unpaired) electrons. The summed E-state index contributed by atoms with van der Waals surface area (Å²) >= 11 is 0. The molecule has 3 rings (SSSR count). The minimum Gasteiger partial charge on any atom is -0.481 e. The van der Waals surface area contributed by atoms with Crippen molar-refractivity contribution >= 4 is 17.9 Å². The number of hydrogen-bond donors (Lipinski definition) is 4. The summed E-state index contributed by atoms with van der Waals surface area (Å²) in [6.07, 6.45) is 1.76. The van der Waals surface area contributed by atoms with Gasteiger partial charge in [0.15, 0.2) is 0 Å². The molecule has 8 atom stereocenters. The van der Waals surface area contributed by atoms with Gasteiger partial charge in [-0.05, 0) is 83.3 Å². The predicted molar refractivity (Wildman–Crippen MR) is 136 cm³/mol. The Hall–Kier alpha value is -2.01. The zero-order chi connectivity index (χ0) is 28.7. The number of carboxylic acids is 1. The van der Waals surface area contributed by atoms with Crippen LogP contribution in [-0.2, 0) is 28.6 Å². The molecule has 38 heavy (non-hydrogen) atoms. The molecule has 3 aliphatic rings. The molecule has 2 aliphatic carbocycles.